The maximum atomic E-state index is 14.7. The van der Waals surface area contributed by atoms with E-state index in [1.54, 1.807) is 32.2 Å². The van der Waals surface area contributed by atoms with E-state index in [0.29, 0.717) is 46.9 Å². The second-order valence-electron chi connectivity index (χ2n) is 15.6. The summed E-state index contributed by atoms with van der Waals surface area (Å²) in [4.78, 5) is 68.1. The number of hydrogen-bond donors (Lipinski definition) is 4. The molecule has 4 aromatic carbocycles. The molecule has 2 atom stereocenters. The number of aromatic nitrogens is 6. The van der Waals surface area contributed by atoms with Gasteiger partial charge in [0.25, 0.3) is 11.8 Å². The minimum absolute atomic E-state index is 0. The Hall–Kier alpha value is -8.50. The first kappa shape index (κ1) is 52.9. The monoisotopic (exact) mass is 1010 g/mol. The standard InChI is InChI=1S/C23H20F2N4O4.C17H16F2N2O2.C9H8N4O2.ClH/c1-13-10-14(2-4-17(13)24)28-22(30)16-3-5-18(25)20-19(7-9-32-21(16)20)29-23(31)33-11-15-6-8-26-12-27-15;1-9-8-10(2-4-12(9)18)21-17(22)11-3-5-13(19)15-14(20)6-7-23-16(11)15;14-9(13-4-3-11-7-13)15-5-8-1-2-10-6-12-8;/h2-6,8,10,12,19H,7,9,11H2,1H3,(H,28,30)(H,29,31);2-5,8,14H,6-7,20H2,1H3,(H,21,22);1-4,6-7H,5H2;1H/t19-;14-;;/m00../s1. The number of aryl methyl sites for hydroxylation is 2. The van der Waals surface area contributed by atoms with Crippen molar-refractivity contribution in [1.82, 2.24) is 34.8 Å². The van der Waals surface area contributed by atoms with Gasteiger partial charge >= 0.3 is 12.2 Å². The highest BCUT2D eigenvalue weighted by atomic mass is 35.5. The van der Waals surface area contributed by atoms with Crippen molar-refractivity contribution >= 4 is 47.8 Å². The molecule has 3 aromatic heterocycles. The lowest BCUT2D eigenvalue weighted by Gasteiger charge is -2.28. The van der Waals surface area contributed by atoms with Gasteiger partial charge in [-0.15, -0.1) is 12.4 Å². The van der Waals surface area contributed by atoms with E-state index in [-0.39, 0.29) is 78.2 Å². The second-order valence-corrected chi connectivity index (χ2v) is 15.6. The molecule has 2 aliphatic heterocycles. The van der Waals surface area contributed by atoms with E-state index in [2.05, 4.69) is 40.9 Å². The first-order valence-corrected chi connectivity index (χ1v) is 21.6. The Balaban J connectivity index is 0.000000189. The molecule has 0 saturated heterocycles. The highest BCUT2D eigenvalue weighted by molar-refractivity contribution is 6.07. The topological polar surface area (TPSA) is 237 Å². The number of nitrogens with two attached hydrogens (primary N) is 1. The lowest BCUT2D eigenvalue weighted by Crippen LogP contribution is -2.34. The van der Waals surface area contributed by atoms with E-state index in [1.165, 1.54) is 96.7 Å². The highest BCUT2D eigenvalue weighted by Crippen LogP contribution is 2.38. The Morgan fingerprint density at radius 1 is 0.667 bits per heavy atom. The number of nitrogens with one attached hydrogen (secondary N) is 3. The van der Waals surface area contributed by atoms with Crippen molar-refractivity contribution in [3.05, 3.63) is 185 Å². The van der Waals surface area contributed by atoms with Crippen molar-refractivity contribution in [1.29, 1.82) is 0 Å². The fraction of sp³-hybridized carbons (Fsp3) is 0.204. The van der Waals surface area contributed by atoms with E-state index in [9.17, 15) is 36.7 Å². The van der Waals surface area contributed by atoms with Gasteiger partial charge in [0.2, 0.25) is 0 Å². The van der Waals surface area contributed by atoms with Crippen LogP contribution in [0.3, 0.4) is 0 Å². The van der Waals surface area contributed by atoms with Gasteiger partial charge in [0, 0.05) is 60.6 Å². The number of rotatable bonds is 9. The molecule has 5 N–H and O–H groups in total. The van der Waals surface area contributed by atoms with Crippen LogP contribution in [0.1, 0.15) is 79.3 Å². The summed E-state index contributed by atoms with van der Waals surface area (Å²) in [5.41, 5.74) is 9.28. The van der Waals surface area contributed by atoms with Crippen LogP contribution in [0.25, 0.3) is 0 Å². The summed E-state index contributed by atoms with van der Waals surface area (Å²) in [6.45, 7) is 3.71. The van der Waals surface area contributed by atoms with Gasteiger partial charge in [-0.3, -0.25) is 9.59 Å². The predicted octanol–water partition coefficient (Wildman–Crippen LogP) is 8.65. The highest BCUT2D eigenvalue weighted by Gasteiger charge is 2.31. The lowest BCUT2D eigenvalue weighted by molar-refractivity contribution is 0.101. The van der Waals surface area contributed by atoms with E-state index in [1.807, 2.05) is 0 Å². The van der Waals surface area contributed by atoms with Crippen LogP contribution in [-0.4, -0.2) is 66.7 Å². The minimum Gasteiger partial charge on any atom is -0.492 e. The summed E-state index contributed by atoms with van der Waals surface area (Å²) in [7, 11) is 0. The molecule has 2 aliphatic rings. The molecule has 23 heteroatoms. The van der Waals surface area contributed by atoms with Crippen molar-refractivity contribution in [2.75, 3.05) is 23.8 Å². The number of carbonyl (C=O) groups excluding carboxylic acids is 4. The zero-order chi connectivity index (χ0) is 50.4. The lowest BCUT2D eigenvalue weighted by atomic mass is 9.96. The molecule has 7 aromatic rings. The number of amides is 3. The fourth-order valence-corrected chi connectivity index (χ4v) is 7.04. The number of fused-ring (bicyclic) bond motifs is 2. The van der Waals surface area contributed by atoms with Gasteiger partial charge in [-0.1, -0.05) is 0 Å². The minimum atomic E-state index is -0.762. The molecule has 0 fully saturated rings. The molecule has 374 valence electrons. The number of carbonyl (C=O) groups is 4. The number of hydrogen-bond acceptors (Lipinski definition) is 14. The van der Waals surface area contributed by atoms with Crippen LogP contribution in [0.4, 0.5) is 38.5 Å². The van der Waals surface area contributed by atoms with Gasteiger partial charge in [-0.25, -0.2) is 56.6 Å². The largest absolute Gasteiger partial charge is 0.492 e. The molecule has 18 nitrogen and oxygen atoms in total. The molecule has 0 radical (unpaired) electrons. The molecule has 0 spiro atoms. The summed E-state index contributed by atoms with van der Waals surface area (Å²) >= 11 is 0. The zero-order valence-corrected chi connectivity index (χ0v) is 39.1. The summed E-state index contributed by atoms with van der Waals surface area (Å²) < 4.78 is 77.9. The predicted molar refractivity (Wildman–Crippen MR) is 253 cm³/mol. The smallest absolute Gasteiger partial charge is 0.419 e. The van der Waals surface area contributed by atoms with Crippen LogP contribution >= 0.6 is 12.4 Å². The van der Waals surface area contributed by atoms with Gasteiger partial charge < -0.3 is 40.6 Å². The third-order valence-electron chi connectivity index (χ3n) is 10.6. The zero-order valence-electron chi connectivity index (χ0n) is 38.3. The Morgan fingerprint density at radius 3 is 1.69 bits per heavy atom. The Labute approximate surface area is 414 Å². The molecule has 3 amide bonds. The molecule has 0 unspecified atom stereocenters. The first-order chi connectivity index (χ1) is 34.2. The summed E-state index contributed by atoms with van der Waals surface area (Å²) in [6, 6.07) is 15.4. The molecule has 0 aliphatic carbocycles. The van der Waals surface area contributed by atoms with Crippen LogP contribution in [0.15, 0.2) is 117 Å². The fourth-order valence-electron chi connectivity index (χ4n) is 7.04. The SMILES string of the molecule is Cc1cc(NC(=O)c2ccc(F)c3c2OCC[C@@H]3N)ccc1F.Cc1cc(NC(=O)c2ccc(F)c3c2OCC[C@@H]3NC(=O)OCc2ccncn2)ccc1F.Cl.O=C(OCc1ccncn1)n1ccnc1. The molecular formula is C49H45ClF4N10O8. The average molecular weight is 1010 g/mol. The quantitative estimate of drug-likeness (QED) is 0.0991. The number of anilines is 2. The van der Waals surface area contributed by atoms with Crippen molar-refractivity contribution in [2.45, 2.75) is 52.0 Å². The summed E-state index contributed by atoms with van der Waals surface area (Å²) in [5, 5.41) is 7.94. The van der Waals surface area contributed by atoms with E-state index < -0.39 is 53.5 Å². The summed E-state index contributed by atoms with van der Waals surface area (Å²) in [6.07, 6.45) is 9.79. The third-order valence-corrected chi connectivity index (χ3v) is 10.6. The van der Waals surface area contributed by atoms with Crippen LogP contribution in [-0.2, 0) is 22.7 Å². The van der Waals surface area contributed by atoms with Crippen LogP contribution in [0, 0.1) is 37.1 Å². The van der Waals surface area contributed by atoms with Crippen LogP contribution in [0.5, 0.6) is 11.5 Å². The first-order valence-electron chi connectivity index (χ1n) is 21.6. The average Bonchev–Trinajstić information content (AvgIpc) is 3.92. The van der Waals surface area contributed by atoms with Crippen molar-refractivity contribution in [2.24, 2.45) is 5.73 Å². The molecule has 0 saturated carbocycles. The maximum absolute atomic E-state index is 14.7. The molecule has 72 heavy (non-hydrogen) atoms. The number of nitrogens with zero attached hydrogens (tertiary/aromatic N) is 6. The number of halogens is 5. The third kappa shape index (κ3) is 13.6. The second kappa shape index (κ2) is 24.9. The number of alkyl carbamates (subject to hydrolysis) is 1. The van der Waals surface area contributed by atoms with Gasteiger partial charge in [-0.05, 0) is 97.8 Å². The van der Waals surface area contributed by atoms with Crippen molar-refractivity contribution < 1.29 is 55.7 Å². The number of benzene rings is 4. The van der Waals surface area contributed by atoms with E-state index in [0.717, 1.165) is 6.07 Å². The van der Waals surface area contributed by atoms with Crippen LogP contribution < -0.4 is 31.2 Å². The molecular weight excluding hydrogens is 968 g/mol. The molecule has 9 rings (SSSR count). The maximum Gasteiger partial charge on any atom is 0.419 e. The van der Waals surface area contributed by atoms with Crippen molar-refractivity contribution in [3.8, 4) is 11.5 Å². The Kier molecular flexibility index (Phi) is 18.3. The number of imidazole rings is 1. The van der Waals surface area contributed by atoms with E-state index in [4.69, 9.17) is 24.7 Å². The van der Waals surface area contributed by atoms with Gasteiger partial charge in [0.1, 0.15) is 67.0 Å². The van der Waals surface area contributed by atoms with E-state index >= 15 is 0 Å². The number of ether oxygens (including phenoxy) is 4. The Morgan fingerprint density at radius 2 is 1.18 bits per heavy atom. The molecule has 0 bridgehead atoms. The Bertz CT molecular complexity index is 3020. The van der Waals surface area contributed by atoms with Crippen LogP contribution in [0.2, 0.25) is 0 Å². The van der Waals surface area contributed by atoms with Gasteiger partial charge in [0.05, 0.1) is 47.3 Å². The summed E-state index contributed by atoms with van der Waals surface area (Å²) in [5.74, 6) is -2.64. The molecule has 5 heterocycles. The normalized spacial score (nSPS) is 14.0. The van der Waals surface area contributed by atoms with Gasteiger partial charge in [-0.2, -0.15) is 0 Å². The van der Waals surface area contributed by atoms with Gasteiger partial charge in [0.15, 0.2) is 0 Å². The van der Waals surface area contributed by atoms with Crippen molar-refractivity contribution in [3.63, 3.8) is 0 Å².